The normalized spacial score (nSPS) is 20.6. The topological polar surface area (TPSA) is 104 Å². The Morgan fingerprint density at radius 3 is 2.19 bits per heavy atom. The van der Waals surface area contributed by atoms with Gasteiger partial charge < -0.3 is 14.7 Å². The molecule has 198 valence electrons. The summed E-state index contributed by atoms with van der Waals surface area (Å²) in [5.41, 5.74) is 2.06. The summed E-state index contributed by atoms with van der Waals surface area (Å²) in [6.45, 7) is 5.55. The third-order valence-electron chi connectivity index (χ3n) is 7.08. The molecular weight excluding hydrogens is 492 g/mol. The molecule has 0 saturated carbocycles. The number of sulfonamides is 1. The van der Waals surface area contributed by atoms with Crippen molar-refractivity contribution in [3.63, 3.8) is 0 Å². The Balaban J connectivity index is 1.73. The van der Waals surface area contributed by atoms with Gasteiger partial charge >= 0.3 is 0 Å². The Morgan fingerprint density at radius 2 is 1.62 bits per heavy atom. The van der Waals surface area contributed by atoms with E-state index in [4.69, 9.17) is 4.74 Å². The highest BCUT2D eigenvalue weighted by Gasteiger charge is 2.45. The Hall–Kier alpha value is -3.01. The number of ether oxygens (including phenoxy) is 1. The lowest BCUT2D eigenvalue weighted by atomic mass is 9.93. The molecule has 2 aromatic rings. The maximum atomic E-state index is 13.1. The van der Waals surface area contributed by atoms with Gasteiger partial charge in [-0.05, 0) is 54.2 Å². The number of carbonyl (C=O) groups excluding carboxylic acids is 2. The number of methoxy groups -OCH3 is 1. The van der Waals surface area contributed by atoms with E-state index in [1.165, 1.54) is 40.6 Å². The van der Waals surface area contributed by atoms with Gasteiger partial charge in [0.25, 0.3) is 11.7 Å². The van der Waals surface area contributed by atoms with Gasteiger partial charge in [-0.2, -0.15) is 4.31 Å². The number of nitrogens with zero attached hydrogens (tertiary/aromatic N) is 2. The lowest BCUT2D eigenvalue weighted by Crippen LogP contribution is -2.35. The van der Waals surface area contributed by atoms with E-state index in [0.29, 0.717) is 24.6 Å². The van der Waals surface area contributed by atoms with Crippen LogP contribution in [0.2, 0.25) is 0 Å². The van der Waals surface area contributed by atoms with Crippen LogP contribution in [0, 0.1) is 0 Å². The molecule has 0 spiro atoms. The first kappa shape index (κ1) is 27.0. The number of hydrogen-bond acceptors (Lipinski definition) is 6. The second-order valence-electron chi connectivity index (χ2n) is 9.80. The van der Waals surface area contributed by atoms with E-state index >= 15 is 0 Å². The molecule has 2 saturated heterocycles. The molecule has 0 unspecified atom stereocenters. The monoisotopic (exact) mass is 526 g/mol. The number of benzene rings is 2. The van der Waals surface area contributed by atoms with Gasteiger partial charge in [-0.1, -0.05) is 44.5 Å². The fourth-order valence-corrected chi connectivity index (χ4v) is 6.42. The summed E-state index contributed by atoms with van der Waals surface area (Å²) in [7, 11) is -2.12. The quantitative estimate of drug-likeness (QED) is 0.316. The van der Waals surface area contributed by atoms with Gasteiger partial charge in [0.2, 0.25) is 10.0 Å². The van der Waals surface area contributed by atoms with E-state index in [0.717, 1.165) is 24.8 Å². The summed E-state index contributed by atoms with van der Waals surface area (Å²) < 4.78 is 32.7. The maximum absolute atomic E-state index is 13.1. The standard InChI is InChI=1S/C28H34N2O6S/c1-19(2)20-7-9-21(10-8-20)25-24(27(32)28(33)30(25)17-18-36-3)26(31)22-11-13-23(14-12-22)37(34,35)29-15-5-4-6-16-29/h7-14,19,25,31H,4-6,15-18H2,1-3H3/b26-24+/t25-/m0/s1. The minimum atomic E-state index is -3.63. The van der Waals surface area contributed by atoms with Crippen LogP contribution in [0.3, 0.4) is 0 Å². The van der Waals surface area contributed by atoms with E-state index < -0.39 is 27.8 Å². The van der Waals surface area contributed by atoms with Crippen LogP contribution in [0.1, 0.15) is 61.8 Å². The molecule has 2 aliphatic rings. The highest BCUT2D eigenvalue weighted by molar-refractivity contribution is 7.89. The van der Waals surface area contributed by atoms with Crippen molar-refractivity contribution in [2.24, 2.45) is 0 Å². The van der Waals surface area contributed by atoms with Gasteiger partial charge in [0.15, 0.2) is 0 Å². The highest BCUT2D eigenvalue weighted by Crippen LogP contribution is 2.39. The summed E-state index contributed by atoms with van der Waals surface area (Å²) in [5, 5.41) is 11.3. The number of Topliss-reactive ketones (excluding diaryl/α,β-unsaturated/α-hetero) is 1. The maximum Gasteiger partial charge on any atom is 0.295 e. The number of hydrogen-bond donors (Lipinski definition) is 1. The van der Waals surface area contributed by atoms with Crippen LogP contribution in [-0.4, -0.2) is 67.8 Å². The first-order valence-corrected chi connectivity index (χ1v) is 14.1. The molecule has 1 N–H and O–H groups in total. The molecule has 37 heavy (non-hydrogen) atoms. The molecular formula is C28H34N2O6S. The molecule has 8 nitrogen and oxygen atoms in total. The highest BCUT2D eigenvalue weighted by atomic mass is 32.2. The van der Waals surface area contributed by atoms with Gasteiger partial charge in [0, 0.05) is 32.3 Å². The third-order valence-corrected chi connectivity index (χ3v) is 8.99. The number of carbonyl (C=O) groups is 2. The van der Waals surface area contributed by atoms with Crippen LogP contribution in [0.4, 0.5) is 0 Å². The number of amides is 1. The summed E-state index contributed by atoms with van der Waals surface area (Å²) in [6, 6.07) is 12.7. The molecule has 2 aliphatic heterocycles. The average molecular weight is 527 g/mol. The molecule has 9 heteroatoms. The number of rotatable bonds is 8. The zero-order chi connectivity index (χ0) is 26.7. The first-order valence-electron chi connectivity index (χ1n) is 12.6. The molecule has 0 radical (unpaired) electrons. The van der Waals surface area contributed by atoms with Crippen LogP contribution >= 0.6 is 0 Å². The van der Waals surface area contributed by atoms with Crippen LogP contribution in [0.15, 0.2) is 59.0 Å². The van der Waals surface area contributed by atoms with E-state index in [9.17, 15) is 23.1 Å². The number of aliphatic hydroxyl groups excluding tert-OH is 1. The van der Waals surface area contributed by atoms with Crippen molar-refractivity contribution in [2.75, 3.05) is 33.4 Å². The van der Waals surface area contributed by atoms with E-state index in [2.05, 4.69) is 13.8 Å². The fourth-order valence-electron chi connectivity index (χ4n) is 4.90. The van der Waals surface area contributed by atoms with Crippen molar-refractivity contribution < 1.29 is 27.9 Å². The average Bonchev–Trinajstić information content (AvgIpc) is 3.17. The summed E-state index contributed by atoms with van der Waals surface area (Å²) in [6.07, 6.45) is 2.68. The van der Waals surface area contributed by atoms with Crippen molar-refractivity contribution in [3.05, 3.63) is 70.8 Å². The molecule has 1 amide bonds. The van der Waals surface area contributed by atoms with Crippen molar-refractivity contribution in [1.29, 1.82) is 0 Å². The second-order valence-corrected chi connectivity index (χ2v) is 11.7. The number of aliphatic hydroxyl groups is 1. The van der Waals surface area contributed by atoms with Crippen molar-refractivity contribution in [1.82, 2.24) is 9.21 Å². The van der Waals surface area contributed by atoms with Crippen LogP contribution in [0.5, 0.6) is 0 Å². The van der Waals surface area contributed by atoms with Crippen molar-refractivity contribution >= 4 is 27.5 Å². The molecule has 2 heterocycles. The predicted molar refractivity (Wildman–Crippen MR) is 140 cm³/mol. The molecule has 1 atom stereocenters. The van der Waals surface area contributed by atoms with E-state index in [1.54, 1.807) is 0 Å². The molecule has 0 aliphatic carbocycles. The summed E-state index contributed by atoms with van der Waals surface area (Å²) >= 11 is 0. The van der Waals surface area contributed by atoms with Crippen molar-refractivity contribution in [2.45, 2.75) is 50.0 Å². The zero-order valence-electron chi connectivity index (χ0n) is 21.5. The van der Waals surface area contributed by atoms with Gasteiger partial charge in [0.05, 0.1) is 23.1 Å². The minimum Gasteiger partial charge on any atom is -0.507 e. The van der Waals surface area contributed by atoms with Crippen LogP contribution in [-0.2, 0) is 24.3 Å². The molecule has 0 aromatic heterocycles. The Kier molecular flexibility index (Phi) is 8.16. The Bertz CT molecular complexity index is 1280. The fraction of sp³-hybridized carbons (Fsp3) is 0.429. The summed E-state index contributed by atoms with van der Waals surface area (Å²) in [4.78, 5) is 27.6. The largest absolute Gasteiger partial charge is 0.507 e. The predicted octanol–water partition coefficient (Wildman–Crippen LogP) is 4.05. The minimum absolute atomic E-state index is 0.0231. The lowest BCUT2D eigenvalue weighted by Gasteiger charge is -2.26. The van der Waals surface area contributed by atoms with Crippen molar-refractivity contribution in [3.8, 4) is 0 Å². The van der Waals surface area contributed by atoms with Gasteiger partial charge in [-0.3, -0.25) is 9.59 Å². The summed E-state index contributed by atoms with van der Waals surface area (Å²) in [5.74, 6) is -1.51. The van der Waals surface area contributed by atoms with Crippen LogP contribution in [0.25, 0.3) is 5.76 Å². The molecule has 4 rings (SSSR count). The Labute approximate surface area is 218 Å². The van der Waals surface area contributed by atoms with Gasteiger partial charge in [-0.25, -0.2) is 8.42 Å². The smallest absolute Gasteiger partial charge is 0.295 e. The van der Waals surface area contributed by atoms with E-state index in [-0.39, 0.29) is 34.9 Å². The van der Waals surface area contributed by atoms with Gasteiger partial charge in [0.1, 0.15) is 5.76 Å². The number of ketones is 1. The molecule has 2 aromatic carbocycles. The van der Waals surface area contributed by atoms with E-state index in [1.807, 2.05) is 24.3 Å². The Morgan fingerprint density at radius 1 is 1.00 bits per heavy atom. The van der Waals surface area contributed by atoms with Crippen LogP contribution < -0.4 is 0 Å². The second kappa shape index (κ2) is 11.2. The SMILES string of the molecule is COCCN1C(=O)C(=O)/C(=C(/O)c2ccc(S(=O)(=O)N3CCCCC3)cc2)[C@@H]1c1ccc(C(C)C)cc1. The lowest BCUT2D eigenvalue weighted by molar-refractivity contribution is -0.140. The first-order chi connectivity index (χ1) is 17.7. The van der Waals surface area contributed by atoms with Gasteiger partial charge in [-0.15, -0.1) is 0 Å². The molecule has 2 fully saturated rings. The zero-order valence-corrected chi connectivity index (χ0v) is 22.3. The molecule has 0 bridgehead atoms. The number of likely N-dealkylation sites (tertiary alicyclic amines) is 1. The third kappa shape index (κ3) is 5.35. The number of piperidine rings is 1.